The third-order valence-electron chi connectivity index (χ3n) is 12.1. The molecule has 1 unspecified atom stereocenters. The minimum Gasteiger partial charge on any atom is -0.0654 e. The summed E-state index contributed by atoms with van der Waals surface area (Å²) in [6.45, 7) is 7.01. The average molecular weight is 703 g/mol. The van der Waals surface area contributed by atoms with Crippen LogP contribution in [0.5, 0.6) is 0 Å². The molecule has 0 rings (SSSR count). The van der Waals surface area contributed by atoms with Crippen LogP contribution in [0.15, 0.2) is 0 Å². The fourth-order valence-electron chi connectivity index (χ4n) is 8.48. The van der Waals surface area contributed by atoms with Crippen LogP contribution in [0.2, 0.25) is 0 Å². The van der Waals surface area contributed by atoms with Crippen LogP contribution >= 0.6 is 0 Å². The second-order valence-electron chi connectivity index (χ2n) is 17.4. The van der Waals surface area contributed by atoms with Crippen molar-refractivity contribution in [2.75, 3.05) is 0 Å². The van der Waals surface area contributed by atoms with E-state index in [1.807, 2.05) is 0 Å². The van der Waals surface area contributed by atoms with Gasteiger partial charge in [-0.15, -0.1) is 0 Å². The van der Waals surface area contributed by atoms with Crippen LogP contribution in [-0.4, -0.2) is 0 Å². The van der Waals surface area contributed by atoms with Crippen molar-refractivity contribution >= 4 is 0 Å². The Labute approximate surface area is 321 Å². The van der Waals surface area contributed by atoms with Gasteiger partial charge >= 0.3 is 0 Å². The molecule has 0 heterocycles. The Hall–Kier alpha value is 0. The summed E-state index contributed by atoms with van der Waals surface area (Å²) in [6, 6.07) is 0. The molecule has 0 aliphatic heterocycles. The van der Waals surface area contributed by atoms with Crippen molar-refractivity contribution in [2.45, 2.75) is 316 Å². The summed E-state index contributed by atoms with van der Waals surface area (Å²) in [5.74, 6) is 1.03. The molecule has 0 aliphatic carbocycles. The Morgan fingerprint density at radius 1 is 0.160 bits per heavy atom. The molecular formula is C50H102. The Morgan fingerprint density at radius 3 is 0.480 bits per heavy atom. The second-order valence-corrected chi connectivity index (χ2v) is 17.4. The average Bonchev–Trinajstić information content (AvgIpc) is 3.13. The van der Waals surface area contributed by atoms with E-state index in [0.29, 0.717) is 0 Å². The molecule has 0 radical (unpaired) electrons. The maximum atomic E-state index is 2.38. The molecule has 0 saturated carbocycles. The molecule has 0 aromatic rings. The number of hydrogen-bond acceptors (Lipinski definition) is 0. The molecule has 0 fully saturated rings. The molecule has 302 valence electrons. The third-order valence-corrected chi connectivity index (χ3v) is 12.1. The lowest BCUT2D eigenvalue weighted by Crippen LogP contribution is -2.01. The number of rotatable bonds is 46. The fraction of sp³-hybridized carbons (Fsp3) is 1.00. The molecule has 0 heteroatoms. The van der Waals surface area contributed by atoms with Crippen LogP contribution in [0.1, 0.15) is 316 Å². The maximum Gasteiger partial charge on any atom is -0.0414 e. The standard InChI is InChI=1S/C50H102/c1-4-7-10-12-14-16-18-20-22-24-26-28-30-32-34-36-38-40-42-44-46-49-50(47-9-6-3)48-45-43-41-39-37-35-33-31-29-27-25-23-21-19-17-15-13-11-8-5-2/h50H,4-49H2,1-3H3. The lowest BCUT2D eigenvalue weighted by molar-refractivity contribution is 0.370. The molecular weight excluding hydrogens is 601 g/mol. The Kier molecular flexibility index (Phi) is 47.0. The monoisotopic (exact) mass is 703 g/mol. The minimum atomic E-state index is 1.03. The van der Waals surface area contributed by atoms with Gasteiger partial charge in [0.05, 0.1) is 0 Å². The van der Waals surface area contributed by atoms with Gasteiger partial charge in [-0.3, -0.25) is 0 Å². The summed E-state index contributed by atoms with van der Waals surface area (Å²) in [4.78, 5) is 0. The largest absolute Gasteiger partial charge is 0.0654 e. The summed E-state index contributed by atoms with van der Waals surface area (Å²) in [5.41, 5.74) is 0. The van der Waals surface area contributed by atoms with Gasteiger partial charge in [-0.05, 0) is 5.92 Å². The van der Waals surface area contributed by atoms with Crippen LogP contribution in [0.3, 0.4) is 0 Å². The zero-order chi connectivity index (χ0) is 36.1. The van der Waals surface area contributed by atoms with E-state index in [9.17, 15) is 0 Å². The molecule has 0 aromatic carbocycles. The topological polar surface area (TPSA) is 0 Å². The van der Waals surface area contributed by atoms with Crippen LogP contribution < -0.4 is 0 Å². The van der Waals surface area contributed by atoms with Crippen molar-refractivity contribution in [3.05, 3.63) is 0 Å². The third kappa shape index (κ3) is 44.2. The first kappa shape index (κ1) is 50.0. The SMILES string of the molecule is CCCCCCCCCCCCCCCCCCCCCCCC(CCCC)CCCCCCCCCCCCCCCCCCCCCC. The molecule has 0 spiro atoms. The normalized spacial score (nSPS) is 12.3. The van der Waals surface area contributed by atoms with Gasteiger partial charge in [0.1, 0.15) is 0 Å². The van der Waals surface area contributed by atoms with Gasteiger partial charge in [0.2, 0.25) is 0 Å². The van der Waals surface area contributed by atoms with Gasteiger partial charge in [-0.25, -0.2) is 0 Å². The predicted molar refractivity (Wildman–Crippen MR) is 233 cm³/mol. The van der Waals surface area contributed by atoms with E-state index in [-0.39, 0.29) is 0 Å². The quantitative estimate of drug-likeness (QED) is 0.0554. The van der Waals surface area contributed by atoms with Crippen molar-refractivity contribution in [1.29, 1.82) is 0 Å². The van der Waals surface area contributed by atoms with E-state index in [0.717, 1.165) is 5.92 Å². The van der Waals surface area contributed by atoms with Crippen LogP contribution in [0.25, 0.3) is 0 Å². The van der Waals surface area contributed by atoms with Crippen LogP contribution in [0.4, 0.5) is 0 Å². The summed E-state index contributed by atoms with van der Waals surface area (Å²) >= 11 is 0. The maximum absolute atomic E-state index is 2.38. The summed E-state index contributed by atoms with van der Waals surface area (Å²) in [6.07, 6.45) is 68.3. The minimum absolute atomic E-state index is 1.03. The zero-order valence-electron chi connectivity index (χ0n) is 36.1. The summed E-state index contributed by atoms with van der Waals surface area (Å²) in [7, 11) is 0. The Bertz CT molecular complexity index is 550. The highest BCUT2D eigenvalue weighted by molar-refractivity contribution is 4.62. The van der Waals surface area contributed by atoms with Crippen molar-refractivity contribution in [3.63, 3.8) is 0 Å². The molecule has 0 bridgehead atoms. The van der Waals surface area contributed by atoms with E-state index < -0.39 is 0 Å². The van der Waals surface area contributed by atoms with E-state index in [4.69, 9.17) is 0 Å². The Balaban J connectivity index is 3.40. The molecule has 0 N–H and O–H groups in total. The highest BCUT2D eigenvalue weighted by atomic mass is 14.1. The number of unbranched alkanes of at least 4 members (excludes halogenated alkanes) is 40. The van der Waals surface area contributed by atoms with Crippen molar-refractivity contribution in [1.82, 2.24) is 0 Å². The molecule has 0 aliphatic rings. The number of hydrogen-bond donors (Lipinski definition) is 0. The lowest BCUT2D eigenvalue weighted by atomic mass is 9.90. The highest BCUT2D eigenvalue weighted by Crippen LogP contribution is 2.24. The van der Waals surface area contributed by atoms with Gasteiger partial charge in [-0.1, -0.05) is 316 Å². The van der Waals surface area contributed by atoms with Crippen molar-refractivity contribution in [2.24, 2.45) is 5.92 Å². The van der Waals surface area contributed by atoms with E-state index in [1.165, 1.54) is 295 Å². The van der Waals surface area contributed by atoms with E-state index >= 15 is 0 Å². The van der Waals surface area contributed by atoms with Gasteiger partial charge in [0.15, 0.2) is 0 Å². The first-order valence-corrected chi connectivity index (χ1v) is 24.8. The molecule has 1 atom stereocenters. The van der Waals surface area contributed by atoms with E-state index in [1.54, 1.807) is 0 Å². The van der Waals surface area contributed by atoms with Gasteiger partial charge in [0, 0.05) is 0 Å². The highest BCUT2D eigenvalue weighted by Gasteiger charge is 2.08. The lowest BCUT2D eigenvalue weighted by Gasteiger charge is -2.16. The smallest absolute Gasteiger partial charge is 0.0414 e. The van der Waals surface area contributed by atoms with Gasteiger partial charge in [-0.2, -0.15) is 0 Å². The van der Waals surface area contributed by atoms with E-state index in [2.05, 4.69) is 20.8 Å². The molecule has 0 amide bonds. The first-order valence-electron chi connectivity index (χ1n) is 24.8. The van der Waals surface area contributed by atoms with Gasteiger partial charge < -0.3 is 0 Å². The first-order chi connectivity index (χ1) is 24.8. The Morgan fingerprint density at radius 2 is 0.300 bits per heavy atom. The zero-order valence-corrected chi connectivity index (χ0v) is 36.1. The molecule has 0 nitrogen and oxygen atoms in total. The van der Waals surface area contributed by atoms with Gasteiger partial charge in [0.25, 0.3) is 0 Å². The molecule has 50 heavy (non-hydrogen) atoms. The van der Waals surface area contributed by atoms with Crippen molar-refractivity contribution in [3.8, 4) is 0 Å². The molecule has 0 saturated heterocycles. The van der Waals surface area contributed by atoms with Crippen LogP contribution in [0, 0.1) is 5.92 Å². The predicted octanol–water partition coefficient (Wildman–Crippen LogP) is 19.6. The second kappa shape index (κ2) is 47.0. The fourth-order valence-corrected chi connectivity index (χ4v) is 8.48. The molecule has 0 aromatic heterocycles. The summed E-state index contributed by atoms with van der Waals surface area (Å²) < 4.78 is 0. The van der Waals surface area contributed by atoms with Crippen molar-refractivity contribution < 1.29 is 0 Å². The summed E-state index contributed by atoms with van der Waals surface area (Å²) in [5, 5.41) is 0. The van der Waals surface area contributed by atoms with Crippen LogP contribution in [-0.2, 0) is 0 Å².